The van der Waals surface area contributed by atoms with Crippen molar-refractivity contribution in [3.63, 3.8) is 0 Å². The molecule has 90 valence electrons. The summed E-state index contributed by atoms with van der Waals surface area (Å²) in [6.07, 6.45) is 0.107. The highest BCUT2D eigenvalue weighted by Crippen LogP contribution is 2.07. The molecule has 0 fully saturated rings. The van der Waals surface area contributed by atoms with Crippen LogP contribution in [0.2, 0.25) is 0 Å². The lowest BCUT2D eigenvalue weighted by atomic mass is 10.2. The molecule has 1 heterocycles. The van der Waals surface area contributed by atoms with E-state index in [-0.39, 0.29) is 19.6 Å². The van der Waals surface area contributed by atoms with Gasteiger partial charge in [-0.15, -0.1) is 0 Å². The van der Waals surface area contributed by atoms with Crippen molar-refractivity contribution in [2.45, 2.75) is 13.0 Å². The van der Waals surface area contributed by atoms with E-state index in [1.54, 1.807) is 0 Å². The Balaban J connectivity index is 2.60. The first-order valence-electron chi connectivity index (χ1n) is 4.92. The molecule has 0 aliphatic carbocycles. The number of hydrogen-bond acceptors (Lipinski definition) is 3. The number of alkyl halides is 2. The molecule has 0 spiro atoms. The minimum atomic E-state index is -2.42. The van der Waals surface area contributed by atoms with Crippen LogP contribution in [0.15, 0.2) is 18.5 Å². The molecule has 1 aromatic rings. The predicted octanol–water partition coefficient (Wildman–Crippen LogP) is 1.25. The second-order valence-electron chi connectivity index (χ2n) is 3.43. The lowest BCUT2D eigenvalue weighted by molar-refractivity contribution is 0.0861. The second kappa shape index (κ2) is 6.44. The highest BCUT2D eigenvalue weighted by atomic mass is 19.3. The Labute approximate surface area is 92.1 Å². The van der Waals surface area contributed by atoms with Crippen LogP contribution in [0.5, 0.6) is 0 Å². The molecule has 0 aliphatic rings. The van der Waals surface area contributed by atoms with E-state index >= 15 is 0 Å². The molecule has 0 unspecified atom stereocenters. The molecule has 0 saturated heterocycles. The van der Waals surface area contributed by atoms with Crippen LogP contribution >= 0.6 is 0 Å². The number of nitrogens with two attached hydrogens (primary N) is 1. The van der Waals surface area contributed by atoms with Crippen molar-refractivity contribution in [3.05, 3.63) is 29.8 Å². The molecule has 1 aromatic heterocycles. The fourth-order valence-corrected chi connectivity index (χ4v) is 1.41. The smallest absolute Gasteiger partial charge is 0.251 e. The Morgan fingerprint density at radius 3 is 2.69 bits per heavy atom. The van der Waals surface area contributed by atoms with Crippen LogP contribution in [0.1, 0.15) is 5.56 Å². The molecule has 0 radical (unpaired) electrons. The number of rotatable bonds is 6. The van der Waals surface area contributed by atoms with E-state index in [0.29, 0.717) is 12.1 Å². The molecule has 0 saturated carbocycles. The summed E-state index contributed by atoms with van der Waals surface area (Å²) in [4.78, 5) is 5.13. The number of aromatic nitrogens is 1. The SMILES string of the molecule is NCCN(Cc1cncc(F)c1)CC(F)F. The summed E-state index contributed by atoms with van der Waals surface area (Å²) in [5.41, 5.74) is 5.88. The number of halogens is 3. The molecule has 3 nitrogen and oxygen atoms in total. The molecule has 1 rings (SSSR count). The number of nitrogens with zero attached hydrogens (tertiary/aromatic N) is 2. The summed E-state index contributed by atoms with van der Waals surface area (Å²) in [5.74, 6) is -0.470. The van der Waals surface area contributed by atoms with Gasteiger partial charge in [0.15, 0.2) is 0 Å². The maximum absolute atomic E-state index is 12.8. The monoisotopic (exact) mass is 233 g/mol. The summed E-state index contributed by atoms with van der Waals surface area (Å²) in [6.45, 7) is 0.496. The van der Waals surface area contributed by atoms with E-state index in [0.717, 1.165) is 6.20 Å². The number of hydrogen-bond donors (Lipinski definition) is 1. The minimum Gasteiger partial charge on any atom is -0.329 e. The van der Waals surface area contributed by atoms with Gasteiger partial charge in [-0.2, -0.15) is 0 Å². The van der Waals surface area contributed by atoms with E-state index in [1.807, 2.05) is 0 Å². The predicted molar refractivity (Wildman–Crippen MR) is 54.5 cm³/mol. The Morgan fingerprint density at radius 2 is 2.12 bits per heavy atom. The summed E-state index contributed by atoms with van der Waals surface area (Å²) in [7, 11) is 0. The highest BCUT2D eigenvalue weighted by Gasteiger charge is 2.12. The average Bonchev–Trinajstić information content (AvgIpc) is 2.16. The Bertz CT molecular complexity index is 320. The van der Waals surface area contributed by atoms with Crippen LogP contribution in [0.3, 0.4) is 0 Å². The van der Waals surface area contributed by atoms with E-state index in [2.05, 4.69) is 4.98 Å². The maximum Gasteiger partial charge on any atom is 0.251 e. The van der Waals surface area contributed by atoms with Crippen LogP contribution in [0, 0.1) is 5.82 Å². The second-order valence-corrected chi connectivity index (χ2v) is 3.43. The Hall–Kier alpha value is -1.14. The zero-order chi connectivity index (χ0) is 12.0. The van der Waals surface area contributed by atoms with Gasteiger partial charge in [-0.25, -0.2) is 13.2 Å². The molecular formula is C10H14F3N3. The van der Waals surface area contributed by atoms with E-state index in [9.17, 15) is 13.2 Å². The van der Waals surface area contributed by atoms with Crippen LogP contribution < -0.4 is 5.73 Å². The van der Waals surface area contributed by atoms with Crippen LogP contribution in [0.25, 0.3) is 0 Å². The van der Waals surface area contributed by atoms with Crippen molar-refractivity contribution >= 4 is 0 Å². The van der Waals surface area contributed by atoms with Gasteiger partial charge in [0.05, 0.1) is 12.7 Å². The normalized spacial score (nSPS) is 11.4. The average molecular weight is 233 g/mol. The summed E-state index contributed by atoms with van der Waals surface area (Å²) < 4.78 is 37.2. The first kappa shape index (κ1) is 12.9. The van der Waals surface area contributed by atoms with Crippen molar-refractivity contribution in [2.24, 2.45) is 5.73 Å². The third-order valence-corrected chi connectivity index (χ3v) is 2.01. The standard InChI is InChI=1S/C10H14F3N3/c11-9-3-8(4-15-5-9)6-16(2-1-14)7-10(12)13/h3-5,10H,1-2,6-7,14H2. The van der Waals surface area contributed by atoms with Gasteiger partial charge in [0.25, 0.3) is 6.43 Å². The molecule has 0 aliphatic heterocycles. The van der Waals surface area contributed by atoms with Gasteiger partial charge < -0.3 is 5.73 Å². The van der Waals surface area contributed by atoms with Crippen LogP contribution in [-0.4, -0.2) is 35.9 Å². The van der Waals surface area contributed by atoms with E-state index in [4.69, 9.17) is 5.73 Å². The van der Waals surface area contributed by atoms with Crippen molar-refractivity contribution in [3.8, 4) is 0 Å². The van der Waals surface area contributed by atoms with Gasteiger partial charge >= 0.3 is 0 Å². The lowest BCUT2D eigenvalue weighted by Gasteiger charge is -2.20. The summed E-state index contributed by atoms with van der Waals surface area (Å²) in [5, 5.41) is 0. The fourth-order valence-electron chi connectivity index (χ4n) is 1.41. The Kier molecular flexibility index (Phi) is 5.21. The van der Waals surface area contributed by atoms with Crippen LogP contribution in [-0.2, 0) is 6.54 Å². The molecule has 0 amide bonds. The van der Waals surface area contributed by atoms with Gasteiger partial charge in [-0.1, -0.05) is 0 Å². The quantitative estimate of drug-likeness (QED) is 0.804. The first-order chi connectivity index (χ1) is 7.61. The highest BCUT2D eigenvalue weighted by molar-refractivity contribution is 5.09. The topological polar surface area (TPSA) is 42.1 Å². The molecule has 2 N–H and O–H groups in total. The van der Waals surface area contributed by atoms with Crippen molar-refractivity contribution < 1.29 is 13.2 Å². The van der Waals surface area contributed by atoms with Gasteiger partial charge in [0.1, 0.15) is 5.82 Å². The summed E-state index contributed by atoms with van der Waals surface area (Å²) >= 11 is 0. The van der Waals surface area contributed by atoms with Crippen molar-refractivity contribution in [1.82, 2.24) is 9.88 Å². The minimum absolute atomic E-state index is 0.228. The van der Waals surface area contributed by atoms with Crippen LogP contribution in [0.4, 0.5) is 13.2 Å². The van der Waals surface area contributed by atoms with Crippen molar-refractivity contribution in [1.29, 1.82) is 0 Å². The zero-order valence-electron chi connectivity index (χ0n) is 8.74. The molecule has 0 atom stereocenters. The van der Waals surface area contributed by atoms with Gasteiger partial charge in [-0.05, 0) is 11.6 Å². The molecule has 6 heteroatoms. The molecule has 0 bridgehead atoms. The maximum atomic E-state index is 12.8. The van der Waals surface area contributed by atoms with Crippen molar-refractivity contribution in [2.75, 3.05) is 19.6 Å². The number of pyridine rings is 1. The largest absolute Gasteiger partial charge is 0.329 e. The summed E-state index contributed by atoms with van der Waals surface area (Å²) in [6, 6.07) is 1.28. The molecular weight excluding hydrogens is 219 g/mol. The Morgan fingerprint density at radius 1 is 1.38 bits per heavy atom. The van der Waals surface area contributed by atoms with Gasteiger partial charge in [0.2, 0.25) is 0 Å². The third kappa shape index (κ3) is 4.59. The van der Waals surface area contributed by atoms with Gasteiger partial charge in [-0.3, -0.25) is 9.88 Å². The van der Waals surface area contributed by atoms with E-state index in [1.165, 1.54) is 17.2 Å². The van der Waals surface area contributed by atoms with E-state index < -0.39 is 12.2 Å². The fraction of sp³-hybridized carbons (Fsp3) is 0.500. The molecule has 0 aromatic carbocycles. The third-order valence-electron chi connectivity index (χ3n) is 2.01. The van der Waals surface area contributed by atoms with Gasteiger partial charge in [0, 0.05) is 25.8 Å². The zero-order valence-corrected chi connectivity index (χ0v) is 8.74. The first-order valence-corrected chi connectivity index (χ1v) is 4.92. The lowest BCUT2D eigenvalue weighted by Crippen LogP contribution is -2.33. The molecule has 16 heavy (non-hydrogen) atoms.